The average molecular weight is 398 g/mol. The molecule has 3 aromatic rings. The van der Waals surface area contributed by atoms with Crippen LogP contribution in [0.1, 0.15) is 47.0 Å². The number of ether oxygens (including phenoxy) is 2. The molecule has 2 aromatic heterocycles. The molecule has 8 nitrogen and oxygen atoms in total. The molecule has 0 aliphatic rings. The molecule has 1 aromatic carbocycles. The maximum atomic E-state index is 12.2. The van der Waals surface area contributed by atoms with E-state index in [2.05, 4.69) is 15.4 Å². The van der Waals surface area contributed by atoms with E-state index in [1.807, 2.05) is 39.0 Å². The molecule has 3 rings (SSSR count). The number of rotatable bonds is 8. The molecule has 0 bridgehead atoms. The Morgan fingerprint density at radius 3 is 2.79 bits per heavy atom. The summed E-state index contributed by atoms with van der Waals surface area (Å²) in [7, 11) is 0. The van der Waals surface area contributed by atoms with E-state index in [0.717, 1.165) is 22.4 Å². The van der Waals surface area contributed by atoms with Crippen molar-refractivity contribution in [3.05, 3.63) is 53.0 Å². The number of aromatic nitrogens is 3. The van der Waals surface area contributed by atoms with Gasteiger partial charge in [0.05, 0.1) is 18.8 Å². The summed E-state index contributed by atoms with van der Waals surface area (Å²) in [6, 6.07) is 5.68. The van der Waals surface area contributed by atoms with Crippen LogP contribution < -0.4 is 5.32 Å². The number of benzene rings is 1. The van der Waals surface area contributed by atoms with Gasteiger partial charge in [-0.25, -0.2) is 14.3 Å². The minimum absolute atomic E-state index is 0.234. The van der Waals surface area contributed by atoms with Crippen LogP contribution >= 0.6 is 0 Å². The zero-order valence-electron chi connectivity index (χ0n) is 17.1. The molecule has 2 N–H and O–H groups in total. The van der Waals surface area contributed by atoms with Gasteiger partial charge in [-0.1, -0.05) is 12.1 Å². The minimum Gasteiger partial charge on any atom is -0.462 e. The van der Waals surface area contributed by atoms with Crippen LogP contribution in [0.3, 0.4) is 0 Å². The van der Waals surface area contributed by atoms with Gasteiger partial charge in [-0.2, -0.15) is 5.10 Å². The zero-order chi connectivity index (χ0) is 21.0. The second-order valence-corrected chi connectivity index (χ2v) is 6.66. The highest BCUT2D eigenvalue weighted by Crippen LogP contribution is 2.29. The number of anilines is 2. The second kappa shape index (κ2) is 9.02. The third-order valence-electron chi connectivity index (χ3n) is 4.70. The number of esters is 1. The third kappa shape index (κ3) is 4.38. The van der Waals surface area contributed by atoms with Crippen molar-refractivity contribution in [3.63, 3.8) is 0 Å². The van der Waals surface area contributed by atoms with Crippen LogP contribution in [0, 0.1) is 13.8 Å². The SMILES string of the molecule is CCOCC(O)c1ccc(C)c(Nc2ncnn3cc(C(=O)OCC)c(C)c23)c1. The lowest BCUT2D eigenvalue weighted by atomic mass is 10.1. The van der Waals surface area contributed by atoms with Crippen molar-refractivity contribution in [1.29, 1.82) is 0 Å². The summed E-state index contributed by atoms with van der Waals surface area (Å²) in [5.41, 5.74) is 4.41. The number of aryl methyl sites for hydroxylation is 2. The predicted octanol–water partition coefficient (Wildman–Crippen LogP) is 3.34. The topological polar surface area (TPSA) is 98.0 Å². The van der Waals surface area contributed by atoms with Crippen molar-refractivity contribution in [3.8, 4) is 0 Å². The summed E-state index contributed by atoms with van der Waals surface area (Å²) in [5.74, 6) is 0.172. The average Bonchev–Trinajstić information content (AvgIpc) is 3.05. The molecule has 1 unspecified atom stereocenters. The summed E-state index contributed by atoms with van der Waals surface area (Å²) in [6.07, 6.45) is 2.35. The Morgan fingerprint density at radius 2 is 2.07 bits per heavy atom. The molecule has 2 heterocycles. The maximum absolute atomic E-state index is 12.2. The monoisotopic (exact) mass is 398 g/mol. The highest BCUT2D eigenvalue weighted by atomic mass is 16.5. The molecule has 0 spiro atoms. The number of nitrogens with zero attached hydrogens (tertiary/aromatic N) is 3. The molecule has 8 heteroatoms. The lowest BCUT2D eigenvalue weighted by Crippen LogP contribution is -2.08. The van der Waals surface area contributed by atoms with Gasteiger partial charge >= 0.3 is 5.97 Å². The fourth-order valence-corrected chi connectivity index (χ4v) is 3.10. The Labute approximate surface area is 169 Å². The van der Waals surface area contributed by atoms with E-state index in [-0.39, 0.29) is 6.61 Å². The fraction of sp³-hybridized carbons (Fsp3) is 0.381. The van der Waals surface area contributed by atoms with Gasteiger partial charge in [-0.05, 0) is 50.5 Å². The molecule has 0 saturated carbocycles. The summed E-state index contributed by atoms with van der Waals surface area (Å²) in [4.78, 5) is 16.6. The standard InChI is InChI=1S/C21H26N4O4/c1-5-28-11-18(26)15-8-7-13(3)17(9-15)24-20-19-14(4)16(21(27)29-6-2)10-25(19)23-12-22-20/h7-10,12,18,26H,5-6,11H2,1-4H3,(H,22,23,24). The van der Waals surface area contributed by atoms with Crippen LogP contribution in [0.15, 0.2) is 30.7 Å². The van der Waals surface area contributed by atoms with Gasteiger partial charge in [-0.15, -0.1) is 0 Å². The Bertz CT molecular complexity index is 1020. The second-order valence-electron chi connectivity index (χ2n) is 6.66. The molecule has 0 aliphatic heterocycles. The van der Waals surface area contributed by atoms with Crippen LogP contribution in [0.5, 0.6) is 0 Å². The predicted molar refractivity (Wildman–Crippen MR) is 110 cm³/mol. The largest absolute Gasteiger partial charge is 0.462 e. The van der Waals surface area contributed by atoms with E-state index >= 15 is 0 Å². The molecular formula is C21H26N4O4. The van der Waals surface area contributed by atoms with Crippen LogP contribution in [-0.4, -0.2) is 45.5 Å². The van der Waals surface area contributed by atoms with Gasteiger partial charge in [-0.3, -0.25) is 0 Å². The van der Waals surface area contributed by atoms with Gasteiger partial charge in [0, 0.05) is 18.5 Å². The highest BCUT2D eigenvalue weighted by molar-refractivity contribution is 5.95. The summed E-state index contributed by atoms with van der Waals surface area (Å²) in [5, 5.41) is 17.9. The number of carbonyl (C=O) groups excluding carboxylic acids is 1. The van der Waals surface area contributed by atoms with E-state index in [1.165, 1.54) is 6.33 Å². The molecule has 0 amide bonds. The molecule has 0 aliphatic carbocycles. The van der Waals surface area contributed by atoms with Crippen LogP contribution in [0.25, 0.3) is 5.52 Å². The molecule has 0 fully saturated rings. The van der Waals surface area contributed by atoms with E-state index in [0.29, 0.717) is 30.1 Å². The van der Waals surface area contributed by atoms with E-state index in [4.69, 9.17) is 9.47 Å². The molecular weight excluding hydrogens is 372 g/mol. The molecule has 0 saturated heterocycles. The summed E-state index contributed by atoms with van der Waals surface area (Å²) >= 11 is 0. The first kappa shape index (κ1) is 20.8. The van der Waals surface area contributed by atoms with Gasteiger partial charge in [0.25, 0.3) is 0 Å². The highest BCUT2D eigenvalue weighted by Gasteiger charge is 2.19. The Morgan fingerprint density at radius 1 is 1.28 bits per heavy atom. The number of aliphatic hydroxyl groups is 1. The molecule has 1 atom stereocenters. The van der Waals surface area contributed by atoms with E-state index < -0.39 is 12.1 Å². The summed E-state index contributed by atoms with van der Waals surface area (Å²) < 4.78 is 12.1. The summed E-state index contributed by atoms with van der Waals surface area (Å²) in [6.45, 7) is 8.54. The quantitative estimate of drug-likeness (QED) is 0.562. The number of nitrogens with one attached hydrogen (secondary N) is 1. The fourth-order valence-electron chi connectivity index (χ4n) is 3.10. The Kier molecular flexibility index (Phi) is 6.46. The van der Waals surface area contributed by atoms with Crippen LogP contribution in [0.4, 0.5) is 11.5 Å². The molecule has 154 valence electrons. The lowest BCUT2D eigenvalue weighted by Gasteiger charge is -2.15. The zero-order valence-corrected chi connectivity index (χ0v) is 17.1. The van der Waals surface area contributed by atoms with Crippen LogP contribution in [0.2, 0.25) is 0 Å². The third-order valence-corrected chi connectivity index (χ3v) is 4.70. The number of carbonyl (C=O) groups is 1. The van der Waals surface area contributed by atoms with Gasteiger partial charge < -0.3 is 19.9 Å². The number of hydrogen-bond acceptors (Lipinski definition) is 7. The van der Waals surface area contributed by atoms with Crippen LogP contribution in [-0.2, 0) is 9.47 Å². The van der Waals surface area contributed by atoms with Crippen molar-refractivity contribution in [2.75, 3.05) is 25.1 Å². The van der Waals surface area contributed by atoms with Crippen molar-refractivity contribution in [2.45, 2.75) is 33.8 Å². The molecule has 29 heavy (non-hydrogen) atoms. The first-order chi connectivity index (χ1) is 14.0. The lowest BCUT2D eigenvalue weighted by molar-refractivity contribution is 0.0420. The van der Waals surface area contributed by atoms with Gasteiger partial charge in [0.1, 0.15) is 17.9 Å². The van der Waals surface area contributed by atoms with Crippen molar-refractivity contribution in [1.82, 2.24) is 14.6 Å². The maximum Gasteiger partial charge on any atom is 0.340 e. The van der Waals surface area contributed by atoms with E-state index in [1.54, 1.807) is 17.6 Å². The Hall–Kier alpha value is -2.97. The minimum atomic E-state index is -0.716. The number of aliphatic hydroxyl groups excluding tert-OH is 1. The Balaban J connectivity index is 1.97. The number of fused-ring (bicyclic) bond motifs is 1. The van der Waals surface area contributed by atoms with Crippen molar-refractivity contribution >= 4 is 23.0 Å². The first-order valence-electron chi connectivity index (χ1n) is 9.59. The normalized spacial score (nSPS) is 12.2. The molecule has 0 radical (unpaired) electrons. The van der Waals surface area contributed by atoms with E-state index in [9.17, 15) is 9.90 Å². The van der Waals surface area contributed by atoms with Gasteiger partial charge in [0.2, 0.25) is 0 Å². The van der Waals surface area contributed by atoms with Gasteiger partial charge in [0.15, 0.2) is 5.82 Å². The van der Waals surface area contributed by atoms with Crippen molar-refractivity contribution < 1.29 is 19.4 Å². The first-order valence-corrected chi connectivity index (χ1v) is 9.59. The van der Waals surface area contributed by atoms with Crippen molar-refractivity contribution in [2.24, 2.45) is 0 Å². The number of hydrogen-bond donors (Lipinski definition) is 2. The smallest absolute Gasteiger partial charge is 0.340 e.